The minimum atomic E-state index is 0.340. The fourth-order valence-corrected chi connectivity index (χ4v) is 2.66. The minimum absolute atomic E-state index is 0.340. The molecule has 20 heavy (non-hydrogen) atoms. The first-order valence-corrected chi connectivity index (χ1v) is 7.63. The second kappa shape index (κ2) is 7.50. The van der Waals surface area contributed by atoms with Crippen molar-refractivity contribution in [2.75, 3.05) is 31.1 Å². The monoisotopic (exact) mass is 278 g/mol. The van der Waals surface area contributed by atoms with Crippen LogP contribution in [0.25, 0.3) is 0 Å². The van der Waals surface area contributed by atoms with Gasteiger partial charge in [0.15, 0.2) is 0 Å². The maximum atomic E-state index is 10.1. The third kappa shape index (κ3) is 3.87. The van der Waals surface area contributed by atoms with Gasteiger partial charge in [0.2, 0.25) is 0 Å². The van der Waals surface area contributed by atoms with E-state index >= 15 is 0 Å². The molecule has 0 aliphatic carbocycles. The van der Waals surface area contributed by atoms with Gasteiger partial charge in [0.1, 0.15) is 5.75 Å². The third-order valence-electron chi connectivity index (χ3n) is 3.91. The maximum Gasteiger partial charge on any atom is 0.122 e. The standard InChI is InChI=1S/C16H26N2O2/c1-3-18(4-2)14-8-7-13(16(19)10-14)11-17-12-15-6-5-9-20-15/h7-8,10,15,17,19H,3-6,9,11-12H2,1-2H3. The van der Waals surface area contributed by atoms with Crippen molar-refractivity contribution in [1.29, 1.82) is 0 Å². The van der Waals surface area contributed by atoms with Crippen molar-refractivity contribution >= 4 is 5.69 Å². The van der Waals surface area contributed by atoms with Crippen molar-refractivity contribution < 1.29 is 9.84 Å². The zero-order valence-corrected chi connectivity index (χ0v) is 12.6. The van der Waals surface area contributed by atoms with Crippen LogP contribution in [0.15, 0.2) is 18.2 Å². The number of nitrogens with one attached hydrogen (secondary N) is 1. The van der Waals surface area contributed by atoms with Crippen LogP contribution in [-0.4, -0.2) is 37.5 Å². The van der Waals surface area contributed by atoms with Crippen molar-refractivity contribution in [2.24, 2.45) is 0 Å². The van der Waals surface area contributed by atoms with Crippen molar-refractivity contribution in [3.05, 3.63) is 23.8 Å². The molecule has 1 atom stereocenters. The van der Waals surface area contributed by atoms with Gasteiger partial charge in [0.05, 0.1) is 6.10 Å². The number of ether oxygens (including phenoxy) is 1. The zero-order valence-electron chi connectivity index (χ0n) is 12.6. The van der Waals surface area contributed by atoms with Gasteiger partial charge in [-0.3, -0.25) is 0 Å². The van der Waals surface area contributed by atoms with Crippen LogP contribution in [-0.2, 0) is 11.3 Å². The molecule has 2 N–H and O–H groups in total. The van der Waals surface area contributed by atoms with E-state index in [2.05, 4.69) is 30.1 Å². The largest absolute Gasteiger partial charge is 0.508 e. The lowest BCUT2D eigenvalue weighted by molar-refractivity contribution is 0.110. The quantitative estimate of drug-likeness (QED) is 0.804. The van der Waals surface area contributed by atoms with E-state index in [-0.39, 0.29) is 0 Å². The van der Waals surface area contributed by atoms with Crippen molar-refractivity contribution in [3.8, 4) is 5.75 Å². The van der Waals surface area contributed by atoms with E-state index in [0.717, 1.165) is 50.3 Å². The SMILES string of the molecule is CCN(CC)c1ccc(CNCC2CCCO2)c(O)c1. The highest BCUT2D eigenvalue weighted by Gasteiger charge is 2.15. The Hall–Kier alpha value is -1.26. The first-order valence-electron chi connectivity index (χ1n) is 7.63. The average molecular weight is 278 g/mol. The molecule has 1 unspecified atom stereocenters. The molecule has 0 radical (unpaired) electrons. The molecule has 1 aliphatic rings. The number of hydrogen-bond acceptors (Lipinski definition) is 4. The van der Waals surface area contributed by atoms with Gasteiger partial charge in [0.25, 0.3) is 0 Å². The molecule has 1 fully saturated rings. The lowest BCUT2D eigenvalue weighted by Gasteiger charge is -2.21. The topological polar surface area (TPSA) is 44.7 Å². The molecule has 112 valence electrons. The summed E-state index contributed by atoms with van der Waals surface area (Å²) < 4.78 is 5.57. The Bertz CT molecular complexity index is 413. The van der Waals surface area contributed by atoms with E-state index < -0.39 is 0 Å². The lowest BCUT2D eigenvalue weighted by atomic mass is 10.1. The molecule has 0 aromatic heterocycles. The van der Waals surface area contributed by atoms with Crippen LogP contribution in [0.2, 0.25) is 0 Å². The van der Waals surface area contributed by atoms with Gasteiger partial charge in [-0.1, -0.05) is 6.07 Å². The number of nitrogens with zero attached hydrogens (tertiary/aromatic N) is 1. The average Bonchev–Trinajstić information content (AvgIpc) is 2.96. The van der Waals surface area contributed by atoms with E-state index in [1.165, 1.54) is 0 Å². The third-order valence-corrected chi connectivity index (χ3v) is 3.91. The summed E-state index contributed by atoms with van der Waals surface area (Å²) in [4.78, 5) is 2.23. The number of benzene rings is 1. The molecule has 4 nitrogen and oxygen atoms in total. The number of anilines is 1. The molecular weight excluding hydrogens is 252 g/mol. The van der Waals surface area contributed by atoms with Gasteiger partial charge < -0.3 is 20.1 Å². The second-order valence-corrected chi connectivity index (χ2v) is 5.25. The van der Waals surface area contributed by atoms with Crippen LogP contribution < -0.4 is 10.2 Å². The summed E-state index contributed by atoms with van der Waals surface area (Å²) in [6.07, 6.45) is 2.64. The molecule has 0 saturated carbocycles. The molecule has 2 rings (SSSR count). The molecule has 1 aromatic rings. The van der Waals surface area contributed by atoms with Crippen LogP contribution in [0.5, 0.6) is 5.75 Å². The Labute approximate surface area is 121 Å². The summed E-state index contributed by atoms with van der Waals surface area (Å²) in [7, 11) is 0. The Morgan fingerprint density at radius 1 is 1.35 bits per heavy atom. The number of phenols is 1. The summed E-state index contributed by atoms with van der Waals surface area (Å²) in [5.74, 6) is 0.370. The summed E-state index contributed by atoms with van der Waals surface area (Å²) in [5, 5.41) is 13.5. The van der Waals surface area contributed by atoms with Crippen molar-refractivity contribution in [3.63, 3.8) is 0 Å². The van der Waals surface area contributed by atoms with Gasteiger partial charge >= 0.3 is 0 Å². The van der Waals surface area contributed by atoms with Crippen LogP contribution in [0.1, 0.15) is 32.3 Å². The Kier molecular flexibility index (Phi) is 5.68. The van der Waals surface area contributed by atoms with Gasteiger partial charge in [-0.15, -0.1) is 0 Å². The van der Waals surface area contributed by atoms with E-state index in [0.29, 0.717) is 18.4 Å². The van der Waals surface area contributed by atoms with E-state index in [1.54, 1.807) is 0 Å². The van der Waals surface area contributed by atoms with E-state index in [9.17, 15) is 5.11 Å². The van der Waals surface area contributed by atoms with E-state index in [1.807, 2.05) is 12.1 Å². The summed E-state index contributed by atoms with van der Waals surface area (Å²) in [6.45, 7) is 8.58. The summed E-state index contributed by atoms with van der Waals surface area (Å²) in [5.41, 5.74) is 2.02. The highest BCUT2D eigenvalue weighted by Crippen LogP contribution is 2.24. The van der Waals surface area contributed by atoms with Gasteiger partial charge in [-0.05, 0) is 32.8 Å². The van der Waals surface area contributed by atoms with Crippen molar-refractivity contribution in [1.82, 2.24) is 5.32 Å². The number of rotatable bonds is 7. The molecule has 1 aromatic carbocycles. The molecule has 0 amide bonds. The smallest absolute Gasteiger partial charge is 0.122 e. The summed E-state index contributed by atoms with van der Waals surface area (Å²) in [6, 6.07) is 5.94. The normalized spacial score (nSPS) is 18.4. The highest BCUT2D eigenvalue weighted by atomic mass is 16.5. The van der Waals surface area contributed by atoms with Crippen LogP contribution in [0.4, 0.5) is 5.69 Å². The molecule has 0 bridgehead atoms. The first kappa shape index (κ1) is 15.1. The molecular formula is C16H26N2O2. The predicted octanol–water partition coefficient (Wildman–Crippen LogP) is 2.51. The number of aromatic hydroxyl groups is 1. The lowest BCUT2D eigenvalue weighted by Crippen LogP contribution is -2.26. The molecule has 1 saturated heterocycles. The fraction of sp³-hybridized carbons (Fsp3) is 0.625. The maximum absolute atomic E-state index is 10.1. The van der Waals surface area contributed by atoms with Crippen LogP contribution >= 0.6 is 0 Å². The molecule has 1 aliphatic heterocycles. The van der Waals surface area contributed by atoms with Gasteiger partial charge in [-0.2, -0.15) is 0 Å². The summed E-state index contributed by atoms with van der Waals surface area (Å²) >= 11 is 0. The minimum Gasteiger partial charge on any atom is -0.508 e. The Morgan fingerprint density at radius 3 is 2.75 bits per heavy atom. The van der Waals surface area contributed by atoms with Crippen LogP contribution in [0, 0.1) is 0 Å². The molecule has 1 heterocycles. The number of phenolic OH excluding ortho intramolecular Hbond substituents is 1. The van der Waals surface area contributed by atoms with Crippen molar-refractivity contribution in [2.45, 2.75) is 39.3 Å². The van der Waals surface area contributed by atoms with Gasteiger partial charge in [0, 0.05) is 50.1 Å². The van der Waals surface area contributed by atoms with Crippen LogP contribution in [0.3, 0.4) is 0 Å². The molecule has 0 spiro atoms. The first-order chi connectivity index (χ1) is 9.74. The molecule has 4 heteroatoms. The predicted molar refractivity (Wildman–Crippen MR) is 82.3 cm³/mol. The zero-order chi connectivity index (χ0) is 14.4. The Morgan fingerprint density at radius 2 is 2.15 bits per heavy atom. The fourth-order valence-electron chi connectivity index (χ4n) is 2.66. The number of hydrogen-bond donors (Lipinski definition) is 2. The van der Waals surface area contributed by atoms with Gasteiger partial charge in [-0.25, -0.2) is 0 Å². The highest BCUT2D eigenvalue weighted by molar-refractivity contribution is 5.53. The Balaban J connectivity index is 1.88. The van der Waals surface area contributed by atoms with E-state index in [4.69, 9.17) is 4.74 Å². The second-order valence-electron chi connectivity index (χ2n) is 5.25.